The molecule has 3 heteroatoms. The largest absolute Gasteiger partial charge is 0.392 e. The number of hydrogen-bond donors (Lipinski definition) is 2. The van der Waals surface area contributed by atoms with Crippen LogP contribution in [0.15, 0.2) is 12.2 Å². The van der Waals surface area contributed by atoms with E-state index in [1.807, 2.05) is 12.2 Å². The number of unbranched alkanes of at least 4 members (excludes halogenated alkanes) is 3. The minimum Gasteiger partial charge on any atom is -0.392 e. The van der Waals surface area contributed by atoms with Gasteiger partial charge in [-0.1, -0.05) is 71.4 Å². The lowest BCUT2D eigenvalue weighted by Crippen LogP contribution is -2.19. The first-order valence-electron chi connectivity index (χ1n) is 9.56. The van der Waals surface area contributed by atoms with E-state index < -0.39 is 12.2 Å². The molecular formula is C20H36O3. The summed E-state index contributed by atoms with van der Waals surface area (Å²) in [5.41, 5.74) is 0. The monoisotopic (exact) mass is 324 g/mol. The second kappa shape index (κ2) is 11.0. The van der Waals surface area contributed by atoms with Crippen molar-refractivity contribution in [2.45, 2.75) is 90.8 Å². The molecule has 1 fully saturated rings. The second-order valence-corrected chi connectivity index (χ2v) is 7.35. The lowest BCUT2D eigenvalue weighted by Gasteiger charge is -2.18. The Labute approximate surface area is 142 Å². The van der Waals surface area contributed by atoms with Crippen LogP contribution in [0.3, 0.4) is 0 Å². The van der Waals surface area contributed by atoms with Gasteiger partial charge in [-0.15, -0.1) is 0 Å². The zero-order valence-corrected chi connectivity index (χ0v) is 15.2. The highest BCUT2D eigenvalue weighted by molar-refractivity contribution is 5.84. The van der Waals surface area contributed by atoms with E-state index in [-0.39, 0.29) is 24.0 Å². The van der Waals surface area contributed by atoms with Crippen LogP contribution in [-0.2, 0) is 4.79 Å². The molecule has 0 aromatic carbocycles. The highest BCUT2D eigenvalue weighted by Gasteiger charge is 2.39. The number of hydrogen-bond acceptors (Lipinski definition) is 3. The molecule has 1 aliphatic carbocycles. The maximum atomic E-state index is 12.1. The minimum absolute atomic E-state index is 0.0579. The maximum absolute atomic E-state index is 12.1. The standard InChI is InChI=1S/C20H36O3/c1-4-6-8-10-17-18(20(23)14-19(17)22)12-11-16(21)13-15(3)9-7-5-2/h11-12,15-18,20-21,23H,4-10,13-14H2,1-3H3/b12-11+/t15-,16+,17+,18+,20+/m0/s1. The fraction of sp³-hybridized carbons (Fsp3) is 0.850. The fourth-order valence-electron chi connectivity index (χ4n) is 3.62. The van der Waals surface area contributed by atoms with Crippen molar-refractivity contribution in [3.8, 4) is 0 Å². The van der Waals surface area contributed by atoms with Crippen LogP contribution < -0.4 is 0 Å². The van der Waals surface area contributed by atoms with Crippen LogP contribution in [0.1, 0.15) is 78.6 Å². The third-order valence-electron chi connectivity index (χ3n) is 5.10. The van der Waals surface area contributed by atoms with Crippen molar-refractivity contribution in [2.24, 2.45) is 17.8 Å². The molecule has 1 rings (SSSR count). The Bertz CT molecular complexity index is 364. The molecule has 134 valence electrons. The molecule has 2 N–H and O–H groups in total. The molecule has 1 saturated carbocycles. The number of carbonyl (C=O) groups excluding carboxylic acids is 1. The normalized spacial score (nSPS) is 27.7. The van der Waals surface area contributed by atoms with E-state index in [0.29, 0.717) is 5.92 Å². The van der Waals surface area contributed by atoms with E-state index in [9.17, 15) is 15.0 Å². The second-order valence-electron chi connectivity index (χ2n) is 7.35. The quantitative estimate of drug-likeness (QED) is 0.441. The van der Waals surface area contributed by atoms with E-state index in [1.54, 1.807) is 0 Å². The Morgan fingerprint density at radius 2 is 1.91 bits per heavy atom. The molecule has 0 unspecified atom stereocenters. The number of aliphatic hydroxyl groups excluding tert-OH is 2. The van der Waals surface area contributed by atoms with E-state index in [1.165, 1.54) is 12.8 Å². The van der Waals surface area contributed by atoms with Crippen molar-refractivity contribution in [2.75, 3.05) is 0 Å². The van der Waals surface area contributed by atoms with Gasteiger partial charge in [0.15, 0.2) is 0 Å². The zero-order valence-electron chi connectivity index (χ0n) is 15.2. The predicted molar refractivity (Wildman–Crippen MR) is 95.2 cm³/mol. The average molecular weight is 325 g/mol. The van der Waals surface area contributed by atoms with Gasteiger partial charge in [-0.3, -0.25) is 4.79 Å². The van der Waals surface area contributed by atoms with Gasteiger partial charge in [-0.05, 0) is 18.8 Å². The Balaban J connectivity index is 2.51. The first-order chi connectivity index (χ1) is 11.0. The van der Waals surface area contributed by atoms with Crippen molar-refractivity contribution in [3.05, 3.63) is 12.2 Å². The Morgan fingerprint density at radius 1 is 1.22 bits per heavy atom. The van der Waals surface area contributed by atoms with Crippen LogP contribution in [0.4, 0.5) is 0 Å². The molecule has 0 aliphatic heterocycles. The fourth-order valence-corrected chi connectivity index (χ4v) is 3.62. The van der Waals surface area contributed by atoms with Crippen molar-refractivity contribution in [3.63, 3.8) is 0 Å². The highest BCUT2D eigenvalue weighted by Crippen LogP contribution is 2.34. The SMILES string of the molecule is CCCCC[C@H]1C(=O)C[C@@H](O)[C@@H]1/C=C/[C@@H](O)C[C@@H](C)CCCC. The Kier molecular flexibility index (Phi) is 9.73. The van der Waals surface area contributed by atoms with Crippen LogP contribution in [0.25, 0.3) is 0 Å². The number of aliphatic hydroxyl groups is 2. The van der Waals surface area contributed by atoms with Crippen LogP contribution in [0.2, 0.25) is 0 Å². The van der Waals surface area contributed by atoms with Crippen molar-refractivity contribution >= 4 is 5.78 Å². The van der Waals surface area contributed by atoms with Crippen molar-refractivity contribution < 1.29 is 15.0 Å². The van der Waals surface area contributed by atoms with Gasteiger partial charge in [-0.25, -0.2) is 0 Å². The number of rotatable bonds is 11. The van der Waals surface area contributed by atoms with Gasteiger partial charge in [0.05, 0.1) is 12.2 Å². The molecule has 3 nitrogen and oxygen atoms in total. The minimum atomic E-state index is -0.574. The van der Waals surface area contributed by atoms with Crippen LogP contribution in [0, 0.1) is 17.8 Å². The first-order valence-corrected chi connectivity index (χ1v) is 9.56. The lowest BCUT2D eigenvalue weighted by molar-refractivity contribution is -0.121. The molecule has 23 heavy (non-hydrogen) atoms. The van der Waals surface area contributed by atoms with E-state index in [0.717, 1.165) is 38.5 Å². The van der Waals surface area contributed by atoms with Crippen LogP contribution in [-0.4, -0.2) is 28.2 Å². The maximum Gasteiger partial charge on any atom is 0.139 e. The summed E-state index contributed by atoms with van der Waals surface area (Å²) in [6, 6.07) is 0. The smallest absolute Gasteiger partial charge is 0.139 e. The van der Waals surface area contributed by atoms with Gasteiger partial charge >= 0.3 is 0 Å². The molecule has 5 atom stereocenters. The van der Waals surface area contributed by atoms with E-state index in [2.05, 4.69) is 20.8 Å². The molecule has 0 spiro atoms. The summed E-state index contributed by atoms with van der Waals surface area (Å²) in [5, 5.41) is 20.3. The van der Waals surface area contributed by atoms with Crippen molar-refractivity contribution in [1.29, 1.82) is 0 Å². The predicted octanol–water partition coefficient (Wildman–Crippen LogP) is 4.27. The molecular weight excluding hydrogens is 288 g/mol. The Hall–Kier alpha value is -0.670. The molecule has 1 aliphatic rings. The van der Waals surface area contributed by atoms with Crippen LogP contribution >= 0.6 is 0 Å². The topological polar surface area (TPSA) is 57.5 Å². The van der Waals surface area contributed by atoms with Gasteiger partial charge < -0.3 is 10.2 Å². The highest BCUT2D eigenvalue weighted by atomic mass is 16.3. The molecule has 0 bridgehead atoms. The summed E-state index contributed by atoms with van der Waals surface area (Å²) >= 11 is 0. The van der Waals surface area contributed by atoms with E-state index in [4.69, 9.17) is 0 Å². The number of carbonyl (C=O) groups is 1. The van der Waals surface area contributed by atoms with Gasteiger partial charge in [0, 0.05) is 18.3 Å². The van der Waals surface area contributed by atoms with Gasteiger partial charge in [0.2, 0.25) is 0 Å². The lowest BCUT2D eigenvalue weighted by atomic mass is 9.88. The summed E-state index contributed by atoms with van der Waals surface area (Å²) in [6.45, 7) is 6.51. The van der Waals surface area contributed by atoms with Gasteiger partial charge in [-0.2, -0.15) is 0 Å². The first kappa shape index (κ1) is 20.4. The Morgan fingerprint density at radius 3 is 2.57 bits per heavy atom. The molecule has 0 aromatic heterocycles. The summed E-state index contributed by atoms with van der Waals surface area (Å²) < 4.78 is 0. The third kappa shape index (κ3) is 7.17. The summed E-state index contributed by atoms with van der Waals surface area (Å²) in [5.74, 6) is 0.525. The van der Waals surface area contributed by atoms with Crippen molar-refractivity contribution in [1.82, 2.24) is 0 Å². The summed E-state index contributed by atoms with van der Waals surface area (Å²) in [7, 11) is 0. The molecule has 0 aromatic rings. The zero-order chi connectivity index (χ0) is 17.2. The van der Waals surface area contributed by atoms with Crippen LogP contribution in [0.5, 0.6) is 0 Å². The average Bonchev–Trinajstić information content (AvgIpc) is 2.77. The van der Waals surface area contributed by atoms with Gasteiger partial charge in [0.25, 0.3) is 0 Å². The number of Topliss-reactive ketones (excluding diaryl/α,β-unsaturated/α-hetero) is 1. The third-order valence-corrected chi connectivity index (χ3v) is 5.10. The summed E-state index contributed by atoms with van der Waals surface area (Å²) in [4.78, 5) is 12.1. The van der Waals surface area contributed by atoms with E-state index >= 15 is 0 Å². The summed E-state index contributed by atoms with van der Waals surface area (Å²) in [6.07, 6.45) is 11.4. The molecule has 0 saturated heterocycles. The molecule has 0 amide bonds. The van der Waals surface area contributed by atoms with Gasteiger partial charge in [0.1, 0.15) is 5.78 Å². The molecule has 0 heterocycles. The number of ketones is 1. The molecule has 0 radical (unpaired) electrons.